The van der Waals surface area contributed by atoms with E-state index in [0.717, 1.165) is 16.9 Å². The van der Waals surface area contributed by atoms with E-state index in [1.165, 1.54) is 6.92 Å². The van der Waals surface area contributed by atoms with Gasteiger partial charge in [-0.3, -0.25) is 4.79 Å². The van der Waals surface area contributed by atoms with Crippen LogP contribution in [0.5, 0.6) is 5.75 Å². The average molecular weight is 327 g/mol. The molecule has 0 unspecified atom stereocenters. The van der Waals surface area contributed by atoms with Crippen LogP contribution in [0, 0.1) is 6.92 Å². The first kappa shape index (κ1) is 17.5. The molecule has 2 aromatic rings. The highest BCUT2D eigenvalue weighted by molar-refractivity contribution is 5.90. The van der Waals surface area contributed by atoms with Gasteiger partial charge in [-0.05, 0) is 55.3 Å². The molecule has 0 bridgehead atoms. The van der Waals surface area contributed by atoms with Gasteiger partial charge in [0.2, 0.25) is 5.91 Å². The summed E-state index contributed by atoms with van der Waals surface area (Å²) < 4.78 is 10.8. The lowest BCUT2D eigenvalue weighted by Gasteiger charge is -2.10. The fourth-order valence-corrected chi connectivity index (χ4v) is 2.27. The molecule has 0 radical (unpaired) electrons. The molecule has 5 nitrogen and oxygen atoms in total. The van der Waals surface area contributed by atoms with Gasteiger partial charge in [-0.1, -0.05) is 12.1 Å². The summed E-state index contributed by atoms with van der Waals surface area (Å²) >= 11 is 0. The summed E-state index contributed by atoms with van der Waals surface area (Å²) in [6, 6.07) is 12.4. The molecule has 0 spiro atoms. The third kappa shape index (κ3) is 4.84. The molecule has 0 fully saturated rings. The van der Waals surface area contributed by atoms with Crippen molar-refractivity contribution in [2.75, 3.05) is 11.9 Å². The number of aryl methyl sites for hydroxylation is 1. The molecule has 5 heteroatoms. The Morgan fingerprint density at radius 1 is 1.12 bits per heavy atom. The first-order chi connectivity index (χ1) is 11.5. The van der Waals surface area contributed by atoms with Crippen molar-refractivity contribution in [2.24, 2.45) is 0 Å². The van der Waals surface area contributed by atoms with Crippen LogP contribution in [0.3, 0.4) is 0 Å². The largest absolute Gasteiger partial charge is 0.494 e. The average Bonchev–Trinajstić information content (AvgIpc) is 2.54. The number of ether oxygens (including phenoxy) is 2. The SMILES string of the molecule is CCOc1ccc(C(=O)OCc2cccc(NC(C)=O)c2)cc1C. The van der Waals surface area contributed by atoms with Crippen LogP contribution in [0.1, 0.15) is 35.3 Å². The molecule has 0 saturated carbocycles. The van der Waals surface area contributed by atoms with Gasteiger partial charge >= 0.3 is 5.97 Å². The molecule has 0 aliphatic rings. The number of hydrogen-bond acceptors (Lipinski definition) is 4. The first-order valence-electron chi connectivity index (χ1n) is 7.76. The third-order valence-corrected chi connectivity index (χ3v) is 3.33. The van der Waals surface area contributed by atoms with E-state index in [1.807, 2.05) is 19.9 Å². The Bertz CT molecular complexity index is 740. The topological polar surface area (TPSA) is 64.6 Å². The predicted octanol–water partition coefficient (Wildman–Crippen LogP) is 3.71. The molecular formula is C19H21NO4. The minimum absolute atomic E-state index is 0.137. The summed E-state index contributed by atoms with van der Waals surface area (Å²) in [6.07, 6.45) is 0. The van der Waals surface area contributed by atoms with Crippen LogP contribution >= 0.6 is 0 Å². The monoisotopic (exact) mass is 327 g/mol. The molecule has 2 rings (SSSR count). The van der Waals surface area contributed by atoms with E-state index in [-0.39, 0.29) is 12.5 Å². The van der Waals surface area contributed by atoms with Crippen molar-refractivity contribution in [3.05, 3.63) is 59.2 Å². The van der Waals surface area contributed by atoms with Crippen LogP contribution in [0.4, 0.5) is 5.69 Å². The van der Waals surface area contributed by atoms with E-state index in [4.69, 9.17) is 9.47 Å². The fourth-order valence-electron chi connectivity index (χ4n) is 2.27. The zero-order chi connectivity index (χ0) is 17.5. The molecule has 126 valence electrons. The van der Waals surface area contributed by atoms with E-state index < -0.39 is 5.97 Å². The number of amides is 1. The number of hydrogen-bond donors (Lipinski definition) is 1. The Balaban J connectivity index is 2.00. The molecule has 0 heterocycles. The van der Waals surface area contributed by atoms with Gasteiger partial charge in [0.25, 0.3) is 0 Å². The lowest BCUT2D eigenvalue weighted by molar-refractivity contribution is -0.114. The Morgan fingerprint density at radius 3 is 2.58 bits per heavy atom. The second-order valence-corrected chi connectivity index (χ2v) is 5.37. The summed E-state index contributed by atoms with van der Waals surface area (Å²) in [5.41, 5.74) is 2.85. The van der Waals surface area contributed by atoms with Gasteiger partial charge < -0.3 is 14.8 Å². The number of anilines is 1. The van der Waals surface area contributed by atoms with Gasteiger partial charge in [0, 0.05) is 12.6 Å². The van der Waals surface area contributed by atoms with Crippen molar-refractivity contribution >= 4 is 17.6 Å². The van der Waals surface area contributed by atoms with Gasteiger partial charge in [-0.15, -0.1) is 0 Å². The van der Waals surface area contributed by atoms with Crippen molar-refractivity contribution in [2.45, 2.75) is 27.4 Å². The highest BCUT2D eigenvalue weighted by Gasteiger charge is 2.10. The highest BCUT2D eigenvalue weighted by atomic mass is 16.5. The van der Waals surface area contributed by atoms with Crippen LogP contribution < -0.4 is 10.1 Å². The predicted molar refractivity (Wildman–Crippen MR) is 92.2 cm³/mol. The summed E-state index contributed by atoms with van der Waals surface area (Å²) in [5, 5.41) is 2.70. The van der Waals surface area contributed by atoms with E-state index in [9.17, 15) is 9.59 Å². The van der Waals surface area contributed by atoms with E-state index in [1.54, 1.807) is 36.4 Å². The maximum Gasteiger partial charge on any atom is 0.338 e. The molecule has 0 aliphatic carbocycles. The fraction of sp³-hybridized carbons (Fsp3) is 0.263. The summed E-state index contributed by atoms with van der Waals surface area (Å²) in [5.74, 6) is 0.220. The number of esters is 1. The summed E-state index contributed by atoms with van der Waals surface area (Å²) in [6.45, 7) is 5.96. The number of rotatable bonds is 6. The number of carbonyl (C=O) groups excluding carboxylic acids is 2. The third-order valence-electron chi connectivity index (χ3n) is 3.33. The quantitative estimate of drug-likeness (QED) is 0.822. The van der Waals surface area contributed by atoms with Crippen molar-refractivity contribution in [1.82, 2.24) is 0 Å². The van der Waals surface area contributed by atoms with Gasteiger partial charge in [0.1, 0.15) is 12.4 Å². The molecule has 1 amide bonds. The van der Waals surface area contributed by atoms with Crippen molar-refractivity contribution < 1.29 is 19.1 Å². The molecule has 2 aromatic carbocycles. The zero-order valence-electron chi connectivity index (χ0n) is 14.1. The first-order valence-corrected chi connectivity index (χ1v) is 7.76. The minimum Gasteiger partial charge on any atom is -0.494 e. The van der Waals surface area contributed by atoms with Gasteiger partial charge in [0.05, 0.1) is 12.2 Å². The normalized spacial score (nSPS) is 10.1. The molecule has 24 heavy (non-hydrogen) atoms. The van der Waals surface area contributed by atoms with Crippen LogP contribution in [0.15, 0.2) is 42.5 Å². The number of nitrogens with one attached hydrogen (secondary N) is 1. The lowest BCUT2D eigenvalue weighted by Crippen LogP contribution is -2.08. The Kier molecular flexibility index (Phi) is 5.95. The van der Waals surface area contributed by atoms with Crippen LogP contribution in [-0.2, 0) is 16.1 Å². The minimum atomic E-state index is -0.397. The molecule has 0 atom stereocenters. The second kappa shape index (κ2) is 8.15. The summed E-state index contributed by atoms with van der Waals surface area (Å²) in [4.78, 5) is 23.2. The number of carbonyl (C=O) groups is 2. The second-order valence-electron chi connectivity index (χ2n) is 5.37. The Morgan fingerprint density at radius 2 is 1.92 bits per heavy atom. The van der Waals surface area contributed by atoms with Gasteiger partial charge in [-0.2, -0.15) is 0 Å². The number of benzene rings is 2. The summed E-state index contributed by atoms with van der Waals surface area (Å²) in [7, 11) is 0. The van der Waals surface area contributed by atoms with Crippen LogP contribution in [-0.4, -0.2) is 18.5 Å². The zero-order valence-corrected chi connectivity index (χ0v) is 14.1. The standard InChI is InChI=1S/C19H21NO4/c1-4-23-18-9-8-16(10-13(18)2)19(22)24-12-15-6-5-7-17(11-15)20-14(3)21/h5-11H,4,12H2,1-3H3,(H,20,21). The Hall–Kier alpha value is -2.82. The highest BCUT2D eigenvalue weighted by Crippen LogP contribution is 2.20. The lowest BCUT2D eigenvalue weighted by atomic mass is 10.1. The van der Waals surface area contributed by atoms with E-state index >= 15 is 0 Å². The molecule has 0 aliphatic heterocycles. The molecule has 1 N–H and O–H groups in total. The van der Waals surface area contributed by atoms with Crippen molar-refractivity contribution in [3.8, 4) is 5.75 Å². The Labute approximate surface area is 141 Å². The van der Waals surface area contributed by atoms with Gasteiger partial charge in [-0.25, -0.2) is 4.79 Å². The maximum atomic E-state index is 12.2. The van der Waals surface area contributed by atoms with Gasteiger partial charge in [0.15, 0.2) is 0 Å². The van der Waals surface area contributed by atoms with E-state index in [0.29, 0.717) is 17.9 Å². The molecular weight excluding hydrogens is 306 g/mol. The van der Waals surface area contributed by atoms with E-state index in [2.05, 4.69) is 5.32 Å². The van der Waals surface area contributed by atoms with Crippen molar-refractivity contribution in [1.29, 1.82) is 0 Å². The van der Waals surface area contributed by atoms with Crippen LogP contribution in [0.25, 0.3) is 0 Å². The molecule has 0 saturated heterocycles. The smallest absolute Gasteiger partial charge is 0.338 e. The molecule has 0 aromatic heterocycles. The maximum absolute atomic E-state index is 12.2. The van der Waals surface area contributed by atoms with Crippen LogP contribution in [0.2, 0.25) is 0 Å². The van der Waals surface area contributed by atoms with Crippen molar-refractivity contribution in [3.63, 3.8) is 0 Å².